The molecule has 0 fully saturated rings. The Balaban J connectivity index is 2.30. The first-order chi connectivity index (χ1) is 5.84. The first-order valence-corrected chi connectivity index (χ1v) is 4.79. The van der Waals surface area contributed by atoms with Gasteiger partial charge in [0.2, 0.25) is 0 Å². The molecule has 0 aliphatic heterocycles. The van der Waals surface area contributed by atoms with Gasteiger partial charge in [-0.25, -0.2) is 0 Å². The van der Waals surface area contributed by atoms with Gasteiger partial charge < -0.3 is 11.1 Å². The lowest BCUT2D eigenvalue weighted by Crippen LogP contribution is -2.25. The van der Waals surface area contributed by atoms with Gasteiger partial charge in [0.1, 0.15) is 0 Å². The molecule has 0 bridgehead atoms. The summed E-state index contributed by atoms with van der Waals surface area (Å²) >= 11 is 1.52. The van der Waals surface area contributed by atoms with Crippen LogP contribution in [0, 0.1) is 0 Å². The standard InChI is InChI=1S/C8H12N2OS/c9-3-1-4-10-8(11)7-2-5-12-6-7/h2,5-6H,1,3-4,9H2,(H,10,11). The average Bonchev–Trinajstić information content (AvgIpc) is 2.56. The van der Waals surface area contributed by atoms with Gasteiger partial charge in [0.15, 0.2) is 0 Å². The predicted molar refractivity (Wildman–Crippen MR) is 50.3 cm³/mol. The highest BCUT2D eigenvalue weighted by Gasteiger charge is 2.02. The van der Waals surface area contributed by atoms with Gasteiger partial charge in [0.25, 0.3) is 5.91 Å². The summed E-state index contributed by atoms with van der Waals surface area (Å²) in [6.07, 6.45) is 0.829. The summed E-state index contributed by atoms with van der Waals surface area (Å²) < 4.78 is 0. The number of hydrogen-bond donors (Lipinski definition) is 2. The maximum Gasteiger partial charge on any atom is 0.252 e. The van der Waals surface area contributed by atoms with Crippen molar-refractivity contribution >= 4 is 17.2 Å². The Hall–Kier alpha value is -0.870. The molecule has 3 nitrogen and oxygen atoms in total. The van der Waals surface area contributed by atoms with Gasteiger partial charge in [0, 0.05) is 17.5 Å². The van der Waals surface area contributed by atoms with Gasteiger partial charge in [-0.05, 0) is 24.4 Å². The Labute approximate surface area is 75.6 Å². The van der Waals surface area contributed by atoms with Crippen molar-refractivity contribution in [2.24, 2.45) is 5.73 Å². The van der Waals surface area contributed by atoms with E-state index in [0.717, 1.165) is 12.0 Å². The SMILES string of the molecule is NCCCNC(=O)c1ccsc1. The molecular formula is C8H12N2OS. The quantitative estimate of drug-likeness (QED) is 0.681. The second kappa shape index (κ2) is 4.90. The van der Waals surface area contributed by atoms with E-state index in [1.807, 2.05) is 16.8 Å². The van der Waals surface area contributed by atoms with Crippen LogP contribution in [-0.4, -0.2) is 19.0 Å². The molecule has 3 N–H and O–H groups in total. The third-order valence-electron chi connectivity index (χ3n) is 1.45. The molecule has 12 heavy (non-hydrogen) atoms. The van der Waals surface area contributed by atoms with Crippen molar-refractivity contribution in [3.05, 3.63) is 22.4 Å². The monoisotopic (exact) mass is 184 g/mol. The average molecular weight is 184 g/mol. The zero-order valence-electron chi connectivity index (χ0n) is 6.75. The minimum atomic E-state index is -0.00954. The summed E-state index contributed by atoms with van der Waals surface area (Å²) in [4.78, 5) is 11.2. The van der Waals surface area contributed by atoms with Crippen molar-refractivity contribution in [1.29, 1.82) is 0 Å². The minimum Gasteiger partial charge on any atom is -0.352 e. The number of hydrogen-bond acceptors (Lipinski definition) is 3. The van der Waals surface area contributed by atoms with Crippen LogP contribution in [0.3, 0.4) is 0 Å². The van der Waals surface area contributed by atoms with Crippen molar-refractivity contribution in [1.82, 2.24) is 5.32 Å². The lowest BCUT2D eigenvalue weighted by Gasteiger charge is -2.00. The van der Waals surface area contributed by atoms with Crippen LogP contribution in [0.25, 0.3) is 0 Å². The van der Waals surface area contributed by atoms with E-state index in [2.05, 4.69) is 5.32 Å². The molecule has 0 radical (unpaired) electrons. The third kappa shape index (κ3) is 2.64. The van der Waals surface area contributed by atoms with Crippen LogP contribution < -0.4 is 11.1 Å². The number of carbonyl (C=O) groups excluding carboxylic acids is 1. The zero-order chi connectivity index (χ0) is 8.81. The van der Waals surface area contributed by atoms with Gasteiger partial charge in [0.05, 0.1) is 0 Å². The van der Waals surface area contributed by atoms with Crippen LogP contribution in [0.2, 0.25) is 0 Å². The maximum atomic E-state index is 11.2. The molecule has 1 rings (SSSR count). The highest BCUT2D eigenvalue weighted by atomic mass is 32.1. The number of thiophene rings is 1. The molecule has 0 saturated carbocycles. The van der Waals surface area contributed by atoms with E-state index in [0.29, 0.717) is 13.1 Å². The number of rotatable bonds is 4. The van der Waals surface area contributed by atoms with Gasteiger partial charge >= 0.3 is 0 Å². The summed E-state index contributed by atoms with van der Waals surface area (Å²) in [6.45, 7) is 1.27. The van der Waals surface area contributed by atoms with Crippen molar-refractivity contribution in [2.75, 3.05) is 13.1 Å². The molecule has 0 atom stereocenters. The lowest BCUT2D eigenvalue weighted by molar-refractivity contribution is 0.0954. The molecule has 1 aromatic rings. The lowest BCUT2D eigenvalue weighted by atomic mass is 10.3. The van der Waals surface area contributed by atoms with Crippen molar-refractivity contribution in [3.8, 4) is 0 Å². The first-order valence-electron chi connectivity index (χ1n) is 3.85. The summed E-state index contributed by atoms with van der Waals surface area (Å²) in [5.74, 6) is -0.00954. The van der Waals surface area contributed by atoms with Gasteiger partial charge in [-0.3, -0.25) is 4.79 Å². The molecular weight excluding hydrogens is 172 g/mol. The van der Waals surface area contributed by atoms with E-state index in [-0.39, 0.29) is 5.91 Å². The van der Waals surface area contributed by atoms with Crippen molar-refractivity contribution < 1.29 is 4.79 Å². The Morgan fingerprint density at radius 1 is 1.67 bits per heavy atom. The minimum absolute atomic E-state index is 0.00954. The molecule has 66 valence electrons. The summed E-state index contributed by atoms with van der Waals surface area (Å²) in [5.41, 5.74) is 6.02. The van der Waals surface area contributed by atoms with Crippen LogP contribution in [0.5, 0.6) is 0 Å². The van der Waals surface area contributed by atoms with Gasteiger partial charge in [-0.15, -0.1) is 0 Å². The fraction of sp³-hybridized carbons (Fsp3) is 0.375. The van der Waals surface area contributed by atoms with Gasteiger partial charge in [-0.2, -0.15) is 11.3 Å². The van der Waals surface area contributed by atoms with E-state index in [1.165, 1.54) is 11.3 Å². The summed E-state index contributed by atoms with van der Waals surface area (Å²) in [5, 5.41) is 6.49. The maximum absolute atomic E-state index is 11.2. The number of nitrogens with two attached hydrogens (primary N) is 1. The first kappa shape index (κ1) is 9.22. The third-order valence-corrected chi connectivity index (χ3v) is 2.13. The van der Waals surface area contributed by atoms with Crippen molar-refractivity contribution in [3.63, 3.8) is 0 Å². The smallest absolute Gasteiger partial charge is 0.252 e. The molecule has 0 spiro atoms. The number of amides is 1. The molecule has 0 saturated heterocycles. The normalized spacial score (nSPS) is 9.75. The highest BCUT2D eigenvalue weighted by Crippen LogP contribution is 2.04. The summed E-state index contributed by atoms with van der Waals surface area (Å²) in [6, 6.07) is 1.81. The van der Waals surface area contributed by atoms with Crippen molar-refractivity contribution in [2.45, 2.75) is 6.42 Å². The second-order valence-electron chi connectivity index (χ2n) is 2.41. The highest BCUT2D eigenvalue weighted by molar-refractivity contribution is 7.08. The molecule has 1 heterocycles. The fourth-order valence-corrected chi connectivity index (χ4v) is 1.44. The molecule has 1 amide bonds. The fourth-order valence-electron chi connectivity index (χ4n) is 0.800. The topological polar surface area (TPSA) is 55.1 Å². The van der Waals surface area contributed by atoms with Crippen LogP contribution in [0.4, 0.5) is 0 Å². The Morgan fingerprint density at radius 3 is 3.08 bits per heavy atom. The Morgan fingerprint density at radius 2 is 2.50 bits per heavy atom. The summed E-state index contributed by atoms with van der Waals surface area (Å²) in [7, 11) is 0. The van der Waals surface area contributed by atoms with E-state index < -0.39 is 0 Å². The largest absolute Gasteiger partial charge is 0.352 e. The number of carbonyl (C=O) groups is 1. The Bertz CT molecular complexity index is 233. The van der Waals surface area contributed by atoms with Crippen LogP contribution in [0.1, 0.15) is 16.8 Å². The second-order valence-corrected chi connectivity index (χ2v) is 3.19. The van der Waals surface area contributed by atoms with Gasteiger partial charge in [-0.1, -0.05) is 0 Å². The predicted octanol–water partition coefficient (Wildman–Crippen LogP) is 0.827. The van der Waals surface area contributed by atoms with Crippen LogP contribution >= 0.6 is 11.3 Å². The molecule has 1 aromatic heterocycles. The zero-order valence-corrected chi connectivity index (χ0v) is 7.56. The molecule has 4 heteroatoms. The van der Waals surface area contributed by atoms with E-state index in [4.69, 9.17) is 5.73 Å². The number of nitrogens with one attached hydrogen (secondary N) is 1. The molecule has 0 aromatic carbocycles. The van der Waals surface area contributed by atoms with Crippen LogP contribution in [0.15, 0.2) is 16.8 Å². The van der Waals surface area contributed by atoms with Crippen LogP contribution in [-0.2, 0) is 0 Å². The van der Waals surface area contributed by atoms with E-state index >= 15 is 0 Å². The molecule has 0 aliphatic rings. The van der Waals surface area contributed by atoms with E-state index in [9.17, 15) is 4.79 Å². The molecule has 0 unspecified atom stereocenters. The van der Waals surface area contributed by atoms with E-state index in [1.54, 1.807) is 0 Å². The molecule has 0 aliphatic carbocycles. The Kier molecular flexibility index (Phi) is 3.76.